The van der Waals surface area contributed by atoms with Crippen LogP contribution in [0.25, 0.3) is 0 Å². The van der Waals surface area contributed by atoms with Gasteiger partial charge < -0.3 is 14.6 Å². The highest BCUT2D eigenvalue weighted by atomic mass is 16.5. The Labute approximate surface area is 88.4 Å². The highest BCUT2D eigenvalue weighted by Crippen LogP contribution is 2.26. The Kier molecular flexibility index (Phi) is 4.12. The number of hydrogen-bond donors (Lipinski definition) is 1. The molecule has 1 N–H and O–H groups in total. The summed E-state index contributed by atoms with van der Waals surface area (Å²) >= 11 is 0. The van der Waals surface area contributed by atoms with Gasteiger partial charge in [0.15, 0.2) is 0 Å². The van der Waals surface area contributed by atoms with Gasteiger partial charge in [-0.2, -0.15) is 0 Å². The molecular formula is C11H14O4. The van der Waals surface area contributed by atoms with Crippen LogP contribution in [0.3, 0.4) is 0 Å². The number of carbonyl (C=O) groups excluding carboxylic acids is 1. The summed E-state index contributed by atoms with van der Waals surface area (Å²) in [7, 11) is 2.81. The van der Waals surface area contributed by atoms with Gasteiger partial charge in [-0.05, 0) is 6.07 Å². The highest BCUT2D eigenvalue weighted by Gasteiger charge is 2.16. The van der Waals surface area contributed by atoms with Gasteiger partial charge in [-0.25, -0.2) is 0 Å². The summed E-state index contributed by atoms with van der Waals surface area (Å²) < 4.78 is 9.55. The molecule has 82 valence electrons. The van der Waals surface area contributed by atoms with Crippen LogP contribution in [0.4, 0.5) is 0 Å². The standard InChI is InChI=1S/C11H14O4/c1-14-10-6-4-3-5-8(10)9(12)7-11(13)15-2/h3-6,9,12H,7H2,1-2H3/t9-/m0/s1. The van der Waals surface area contributed by atoms with Gasteiger partial charge in [0.25, 0.3) is 0 Å². The second-order valence-corrected chi connectivity index (χ2v) is 3.04. The lowest BCUT2D eigenvalue weighted by atomic mass is 10.1. The normalized spacial score (nSPS) is 11.9. The molecular weight excluding hydrogens is 196 g/mol. The third kappa shape index (κ3) is 2.95. The number of esters is 1. The minimum Gasteiger partial charge on any atom is -0.496 e. The van der Waals surface area contributed by atoms with Gasteiger partial charge in [0.1, 0.15) is 5.75 Å². The number of aliphatic hydroxyl groups is 1. The highest BCUT2D eigenvalue weighted by molar-refractivity contribution is 5.70. The number of rotatable bonds is 4. The van der Waals surface area contributed by atoms with E-state index in [-0.39, 0.29) is 6.42 Å². The summed E-state index contributed by atoms with van der Waals surface area (Å²) in [5, 5.41) is 9.75. The molecule has 0 aliphatic heterocycles. The zero-order valence-corrected chi connectivity index (χ0v) is 8.77. The molecule has 0 aromatic heterocycles. The van der Waals surface area contributed by atoms with E-state index < -0.39 is 12.1 Å². The summed E-state index contributed by atoms with van der Waals surface area (Å²) in [4.78, 5) is 11.0. The van der Waals surface area contributed by atoms with Gasteiger partial charge in [0.2, 0.25) is 0 Å². The molecule has 0 saturated heterocycles. The van der Waals surface area contributed by atoms with Crippen molar-refractivity contribution in [3.8, 4) is 5.75 Å². The number of methoxy groups -OCH3 is 2. The Bertz CT molecular complexity index is 335. The van der Waals surface area contributed by atoms with Crippen LogP contribution in [0.1, 0.15) is 18.1 Å². The topological polar surface area (TPSA) is 55.8 Å². The van der Waals surface area contributed by atoms with Crippen LogP contribution in [0.15, 0.2) is 24.3 Å². The third-order valence-corrected chi connectivity index (χ3v) is 2.09. The number of para-hydroxylation sites is 1. The average molecular weight is 210 g/mol. The van der Waals surface area contributed by atoms with E-state index in [0.29, 0.717) is 11.3 Å². The number of ether oxygens (including phenoxy) is 2. The third-order valence-electron chi connectivity index (χ3n) is 2.09. The molecule has 1 aromatic carbocycles. The fraction of sp³-hybridized carbons (Fsp3) is 0.364. The van der Waals surface area contributed by atoms with Crippen molar-refractivity contribution in [2.75, 3.05) is 14.2 Å². The molecule has 0 fully saturated rings. The van der Waals surface area contributed by atoms with Crippen LogP contribution < -0.4 is 4.74 Å². The largest absolute Gasteiger partial charge is 0.496 e. The van der Waals surface area contributed by atoms with Crippen molar-refractivity contribution in [3.05, 3.63) is 29.8 Å². The van der Waals surface area contributed by atoms with Crippen LogP contribution in [0, 0.1) is 0 Å². The lowest BCUT2D eigenvalue weighted by Crippen LogP contribution is -2.09. The quantitative estimate of drug-likeness (QED) is 0.761. The Morgan fingerprint density at radius 1 is 1.40 bits per heavy atom. The first-order valence-corrected chi connectivity index (χ1v) is 4.56. The monoisotopic (exact) mass is 210 g/mol. The van der Waals surface area contributed by atoms with Crippen LogP contribution in [-0.2, 0) is 9.53 Å². The van der Waals surface area contributed by atoms with E-state index in [0.717, 1.165) is 0 Å². The van der Waals surface area contributed by atoms with Crippen molar-refractivity contribution in [2.45, 2.75) is 12.5 Å². The second-order valence-electron chi connectivity index (χ2n) is 3.04. The van der Waals surface area contributed by atoms with Crippen LogP contribution in [0.2, 0.25) is 0 Å². The zero-order chi connectivity index (χ0) is 11.3. The summed E-state index contributed by atoms with van der Waals surface area (Å²) in [6.45, 7) is 0. The Morgan fingerprint density at radius 3 is 2.67 bits per heavy atom. The van der Waals surface area contributed by atoms with E-state index in [4.69, 9.17) is 4.74 Å². The van der Waals surface area contributed by atoms with E-state index in [1.165, 1.54) is 14.2 Å². The summed E-state index contributed by atoms with van der Waals surface area (Å²) in [6.07, 6.45) is -0.967. The van der Waals surface area contributed by atoms with Crippen molar-refractivity contribution in [1.29, 1.82) is 0 Å². The Hall–Kier alpha value is -1.55. The molecule has 4 nitrogen and oxygen atoms in total. The molecule has 0 saturated carbocycles. The molecule has 1 rings (SSSR count). The van der Waals surface area contributed by atoms with Crippen molar-refractivity contribution < 1.29 is 19.4 Å². The molecule has 0 spiro atoms. The number of hydrogen-bond acceptors (Lipinski definition) is 4. The summed E-state index contributed by atoms with van der Waals surface area (Å²) in [5.41, 5.74) is 0.588. The first-order chi connectivity index (χ1) is 7.19. The van der Waals surface area contributed by atoms with Crippen LogP contribution in [-0.4, -0.2) is 25.3 Å². The average Bonchev–Trinajstić information content (AvgIpc) is 2.28. The molecule has 0 bridgehead atoms. The lowest BCUT2D eigenvalue weighted by molar-refractivity contribution is -0.142. The minimum absolute atomic E-state index is 0.0725. The van der Waals surface area contributed by atoms with Gasteiger partial charge in [0.05, 0.1) is 26.7 Å². The zero-order valence-electron chi connectivity index (χ0n) is 8.77. The number of carbonyl (C=O) groups is 1. The van der Waals surface area contributed by atoms with Crippen LogP contribution >= 0.6 is 0 Å². The maximum Gasteiger partial charge on any atom is 0.308 e. The molecule has 0 unspecified atom stereocenters. The van der Waals surface area contributed by atoms with E-state index in [1.54, 1.807) is 24.3 Å². The molecule has 0 aliphatic carbocycles. The molecule has 0 heterocycles. The van der Waals surface area contributed by atoms with Crippen molar-refractivity contribution >= 4 is 5.97 Å². The van der Waals surface area contributed by atoms with E-state index in [2.05, 4.69) is 4.74 Å². The molecule has 0 aliphatic rings. The number of aliphatic hydroxyl groups excluding tert-OH is 1. The first-order valence-electron chi connectivity index (χ1n) is 4.56. The fourth-order valence-electron chi connectivity index (χ4n) is 1.29. The first kappa shape index (κ1) is 11.5. The van der Waals surface area contributed by atoms with Gasteiger partial charge >= 0.3 is 5.97 Å². The van der Waals surface area contributed by atoms with Crippen molar-refractivity contribution in [3.63, 3.8) is 0 Å². The molecule has 0 radical (unpaired) electrons. The molecule has 15 heavy (non-hydrogen) atoms. The smallest absolute Gasteiger partial charge is 0.308 e. The van der Waals surface area contributed by atoms with Gasteiger partial charge in [-0.15, -0.1) is 0 Å². The molecule has 1 aromatic rings. The van der Waals surface area contributed by atoms with Crippen LogP contribution in [0.5, 0.6) is 5.75 Å². The SMILES string of the molecule is COC(=O)C[C@H](O)c1ccccc1OC. The maximum absolute atomic E-state index is 11.0. The van der Waals surface area contributed by atoms with E-state index >= 15 is 0 Å². The van der Waals surface area contributed by atoms with Crippen molar-refractivity contribution in [1.82, 2.24) is 0 Å². The predicted molar refractivity (Wildman–Crippen MR) is 54.6 cm³/mol. The second kappa shape index (κ2) is 5.36. The summed E-state index contributed by atoms with van der Waals surface area (Å²) in [5.74, 6) is 0.113. The lowest BCUT2D eigenvalue weighted by Gasteiger charge is -2.13. The Morgan fingerprint density at radius 2 is 2.07 bits per heavy atom. The fourth-order valence-corrected chi connectivity index (χ4v) is 1.29. The minimum atomic E-state index is -0.895. The van der Waals surface area contributed by atoms with Crippen molar-refractivity contribution in [2.24, 2.45) is 0 Å². The summed E-state index contributed by atoms with van der Waals surface area (Å²) in [6, 6.07) is 7.02. The number of benzene rings is 1. The van der Waals surface area contributed by atoms with E-state index in [1.807, 2.05) is 0 Å². The maximum atomic E-state index is 11.0. The van der Waals surface area contributed by atoms with Gasteiger partial charge in [-0.1, -0.05) is 18.2 Å². The predicted octanol–water partition coefficient (Wildman–Crippen LogP) is 1.29. The molecule has 4 heteroatoms. The van der Waals surface area contributed by atoms with Gasteiger partial charge in [0, 0.05) is 5.56 Å². The molecule has 1 atom stereocenters. The van der Waals surface area contributed by atoms with E-state index in [9.17, 15) is 9.90 Å². The molecule has 0 amide bonds. The Balaban J connectivity index is 2.80. The van der Waals surface area contributed by atoms with Gasteiger partial charge in [-0.3, -0.25) is 4.79 Å².